The predicted molar refractivity (Wildman–Crippen MR) is 122 cm³/mol. The lowest BCUT2D eigenvalue weighted by molar-refractivity contribution is -0.122. The van der Waals surface area contributed by atoms with Crippen LogP contribution in [0.4, 0.5) is 4.39 Å². The largest absolute Gasteiger partial charge is 0.349 e. The van der Waals surface area contributed by atoms with Crippen molar-refractivity contribution in [3.8, 4) is 11.4 Å². The Labute approximate surface area is 191 Å². The van der Waals surface area contributed by atoms with Gasteiger partial charge in [-0.1, -0.05) is 12.1 Å². The van der Waals surface area contributed by atoms with Gasteiger partial charge in [-0.15, -0.1) is 0 Å². The van der Waals surface area contributed by atoms with Gasteiger partial charge in [0.2, 0.25) is 5.91 Å². The maximum Gasteiger partial charge on any atom is 0.251 e. The minimum Gasteiger partial charge on any atom is -0.349 e. The molecule has 0 bridgehead atoms. The van der Waals surface area contributed by atoms with Crippen LogP contribution in [0.15, 0.2) is 59.7 Å². The quantitative estimate of drug-likeness (QED) is 0.439. The molecule has 1 fully saturated rings. The number of hydrogen-bond acceptors (Lipinski definition) is 6. The lowest BCUT2D eigenvalue weighted by Crippen LogP contribution is -2.35. The second kappa shape index (κ2) is 10.0. The topological polar surface area (TPSA) is 112 Å². The molecule has 4 N–H and O–H groups in total. The Morgan fingerprint density at radius 3 is 2.42 bits per heavy atom. The second-order valence-electron chi connectivity index (χ2n) is 8.43. The van der Waals surface area contributed by atoms with Gasteiger partial charge in [0.25, 0.3) is 5.56 Å². The van der Waals surface area contributed by atoms with Crippen molar-refractivity contribution in [1.82, 2.24) is 31.1 Å². The van der Waals surface area contributed by atoms with E-state index in [1.807, 2.05) is 13.8 Å². The average Bonchev–Trinajstić information content (AvgIpc) is 3.11. The Morgan fingerprint density at radius 2 is 1.76 bits per heavy atom. The van der Waals surface area contributed by atoms with E-state index in [0.717, 1.165) is 11.1 Å². The first-order chi connectivity index (χ1) is 15.9. The van der Waals surface area contributed by atoms with Crippen LogP contribution >= 0.6 is 0 Å². The first-order valence-corrected chi connectivity index (χ1v) is 11.0. The third-order valence-electron chi connectivity index (χ3n) is 6.01. The van der Waals surface area contributed by atoms with E-state index in [1.54, 1.807) is 36.7 Å². The number of carbonyl (C=O) groups excluding carboxylic acids is 1. The number of carbonyl (C=O) groups is 1. The number of halogens is 1. The van der Waals surface area contributed by atoms with Crippen LogP contribution in [-0.4, -0.2) is 32.9 Å². The molecular formula is C24H27FN6O2. The highest BCUT2D eigenvalue weighted by atomic mass is 19.1. The van der Waals surface area contributed by atoms with Gasteiger partial charge in [-0.05, 0) is 43.7 Å². The highest BCUT2D eigenvalue weighted by Crippen LogP contribution is 2.22. The number of aromatic nitrogens is 3. The molecule has 9 heteroatoms. The summed E-state index contributed by atoms with van der Waals surface area (Å²) in [6.07, 6.45) is 3.87. The summed E-state index contributed by atoms with van der Waals surface area (Å²) in [7, 11) is 0. The fraction of sp³-hybridized carbons (Fsp3) is 0.333. The van der Waals surface area contributed by atoms with Crippen LogP contribution in [0, 0.1) is 11.7 Å². The smallest absolute Gasteiger partial charge is 0.251 e. The zero-order chi connectivity index (χ0) is 23.4. The van der Waals surface area contributed by atoms with Gasteiger partial charge in [-0.25, -0.2) is 9.37 Å². The summed E-state index contributed by atoms with van der Waals surface area (Å²) in [4.78, 5) is 36.6. The molecule has 1 amide bonds. The van der Waals surface area contributed by atoms with Crippen LogP contribution in [0.3, 0.4) is 0 Å². The zero-order valence-electron chi connectivity index (χ0n) is 18.5. The average molecular weight is 451 g/mol. The van der Waals surface area contributed by atoms with Gasteiger partial charge in [0.1, 0.15) is 11.6 Å². The zero-order valence-corrected chi connectivity index (χ0v) is 18.5. The van der Waals surface area contributed by atoms with Crippen LogP contribution in [-0.2, 0) is 11.2 Å². The first kappa shape index (κ1) is 22.8. The Balaban J connectivity index is 1.58. The van der Waals surface area contributed by atoms with Crippen molar-refractivity contribution in [3.63, 3.8) is 0 Å². The first-order valence-electron chi connectivity index (χ1n) is 11.0. The lowest BCUT2D eigenvalue weighted by Gasteiger charge is -2.22. The summed E-state index contributed by atoms with van der Waals surface area (Å²) < 4.78 is 13.5. The van der Waals surface area contributed by atoms with Gasteiger partial charge < -0.3 is 10.3 Å². The molecule has 0 spiro atoms. The van der Waals surface area contributed by atoms with Crippen molar-refractivity contribution >= 4 is 5.91 Å². The normalized spacial score (nSPS) is 21.0. The number of pyridine rings is 1. The summed E-state index contributed by atoms with van der Waals surface area (Å²) in [6.45, 7) is 4.07. The highest BCUT2D eigenvalue weighted by molar-refractivity contribution is 5.77. The van der Waals surface area contributed by atoms with E-state index in [1.165, 1.54) is 18.2 Å². The Bertz CT molecular complexity index is 1140. The molecule has 4 rings (SSSR count). The molecule has 1 aliphatic heterocycles. The molecule has 33 heavy (non-hydrogen) atoms. The Hall–Kier alpha value is -3.43. The number of rotatable bonds is 7. The summed E-state index contributed by atoms with van der Waals surface area (Å²) in [5.74, 6) is 0.0891. The molecule has 0 aliphatic carbocycles. The predicted octanol–water partition coefficient (Wildman–Crippen LogP) is 2.26. The standard InChI is InChI=1S/C24H27FN6O2/c1-14-20(15(2)31-30-14)13-23(33)28-21(16-3-5-18(25)6-4-16)11-19-12-22(32)29-24(27-19)17-7-9-26-10-8-17/h3-10,12,14-15,20-21,30-31H,11,13H2,1-2H3,(H,28,33)(H,27,29,32). The number of benzene rings is 1. The Kier molecular flexibility index (Phi) is 6.90. The molecule has 0 radical (unpaired) electrons. The van der Waals surface area contributed by atoms with Crippen LogP contribution < -0.4 is 21.7 Å². The van der Waals surface area contributed by atoms with Crippen LogP contribution in [0.1, 0.15) is 37.6 Å². The van der Waals surface area contributed by atoms with Gasteiger partial charge >= 0.3 is 0 Å². The Morgan fingerprint density at radius 1 is 1.09 bits per heavy atom. The van der Waals surface area contributed by atoms with E-state index in [2.05, 4.69) is 31.1 Å². The van der Waals surface area contributed by atoms with Gasteiger partial charge in [-0.2, -0.15) is 0 Å². The van der Waals surface area contributed by atoms with E-state index in [0.29, 0.717) is 17.9 Å². The molecule has 3 aromatic rings. The molecule has 0 saturated carbocycles. The molecule has 8 nitrogen and oxygen atoms in total. The number of hydrogen-bond donors (Lipinski definition) is 4. The van der Waals surface area contributed by atoms with Gasteiger partial charge in [-0.3, -0.25) is 25.4 Å². The van der Waals surface area contributed by atoms with E-state index >= 15 is 0 Å². The minimum absolute atomic E-state index is 0.113. The number of amides is 1. The molecule has 3 unspecified atom stereocenters. The third-order valence-corrected chi connectivity index (χ3v) is 6.01. The molecule has 1 saturated heterocycles. The van der Waals surface area contributed by atoms with Crippen LogP contribution in [0.25, 0.3) is 11.4 Å². The molecule has 1 aromatic carbocycles. The van der Waals surface area contributed by atoms with E-state index in [4.69, 9.17) is 0 Å². The fourth-order valence-electron chi connectivity index (χ4n) is 4.15. The molecule has 172 valence electrons. The molecule has 3 atom stereocenters. The van der Waals surface area contributed by atoms with Crippen molar-refractivity contribution in [3.05, 3.63) is 82.3 Å². The van der Waals surface area contributed by atoms with Gasteiger partial charge in [0.05, 0.1) is 11.7 Å². The third kappa shape index (κ3) is 5.68. The highest BCUT2D eigenvalue weighted by Gasteiger charge is 2.32. The summed E-state index contributed by atoms with van der Waals surface area (Å²) in [6, 6.07) is 10.8. The van der Waals surface area contributed by atoms with Crippen LogP contribution in [0.2, 0.25) is 0 Å². The molecule has 3 heterocycles. The minimum atomic E-state index is -0.467. The van der Waals surface area contributed by atoms with Crippen molar-refractivity contribution in [2.75, 3.05) is 0 Å². The van der Waals surface area contributed by atoms with Gasteiger partial charge in [0, 0.05) is 54.9 Å². The van der Waals surface area contributed by atoms with E-state index < -0.39 is 6.04 Å². The number of aromatic amines is 1. The van der Waals surface area contributed by atoms with Crippen molar-refractivity contribution in [1.29, 1.82) is 0 Å². The number of H-pyrrole nitrogens is 1. The fourth-order valence-corrected chi connectivity index (χ4v) is 4.15. The van der Waals surface area contributed by atoms with Crippen molar-refractivity contribution < 1.29 is 9.18 Å². The number of nitrogens with one attached hydrogen (secondary N) is 4. The van der Waals surface area contributed by atoms with E-state index in [9.17, 15) is 14.0 Å². The summed E-state index contributed by atoms with van der Waals surface area (Å²) in [5, 5.41) is 3.07. The maximum absolute atomic E-state index is 13.5. The molecule has 1 aliphatic rings. The summed E-state index contributed by atoms with van der Waals surface area (Å²) >= 11 is 0. The van der Waals surface area contributed by atoms with Crippen LogP contribution in [0.5, 0.6) is 0 Å². The summed E-state index contributed by atoms with van der Waals surface area (Å²) in [5.41, 5.74) is 8.02. The second-order valence-corrected chi connectivity index (χ2v) is 8.43. The van der Waals surface area contributed by atoms with E-state index in [-0.39, 0.29) is 41.7 Å². The maximum atomic E-state index is 13.5. The monoisotopic (exact) mass is 450 g/mol. The lowest BCUT2D eigenvalue weighted by atomic mass is 9.92. The molecule has 2 aromatic heterocycles. The van der Waals surface area contributed by atoms with Gasteiger partial charge in [0.15, 0.2) is 0 Å². The number of hydrazine groups is 1. The van der Waals surface area contributed by atoms with Crippen molar-refractivity contribution in [2.45, 2.75) is 44.8 Å². The SMILES string of the molecule is CC1NNC(C)C1CC(=O)NC(Cc1cc(=O)[nH]c(-c2ccncc2)n1)c1ccc(F)cc1. The van der Waals surface area contributed by atoms with Crippen molar-refractivity contribution in [2.24, 2.45) is 5.92 Å². The molecular weight excluding hydrogens is 423 g/mol. The number of nitrogens with zero attached hydrogens (tertiary/aromatic N) is 2.